The molecule has 0 amide bonds. The van der Waals surface area contributed by atoms with Gasteiger partial charge in [-0.05, 0) is 36.9 Å². The fourth-order valence-electron chi connectivity index (χ4n) is 2.56. The summed E-state index contributed by atoms with van der Waals surface area (Å²) in [5.41, 5.74) is 7.58. The average Bonchev–Trinajstić information content (AvgIpc) is 2.37. The maximum atomic E-state index is 12.0. The summed E-state index contributed by atoms with van der Waals surface area (Å²) < 4.78 is 23.0. The normalized spacial score (nSPS) is 21.1. The number of fused-ring (bicyclic) bond motifs is 1. The number of hydrogen-bond donors (Lipinski definition) is 2. The highest BCUT2D eigenvalue weighted by Gasteiger charge is 2.40. The van der Waals surface area contributed by atoms with Crippen LogP contribution in [0.15, 0.2) is 30.3 Å². The largest absolute Gasteiger partial charge is 0.330 e. The Morgan fingerprint density at radius 2 is 1.90 bits per heavy atom. The highest BCUT2D eigenvalue weighted by Crippen LogP contribution is 2.34. The first-order valence-corrected chi connectivity index (χ1v) is 8.03. The zero-order chi connectivity index (χ0) is 13.9. The second-order valence-electron chi connectivity index (χ2n) is 5.06. The van der Waals surface area contributed by atoms with Gasteiger partial charge in [-0.2, -0.15) is 0 Å². The molecule has 0 radical (unpaired) electrons. The molecule has 6 heteroatoms. The molecule has 0 saturated heterocycles. The molecule has 1 unspecified atom stereocenters. The van der Waals surface area contributed by atoms with E-state index in [1.165, 1.54) is 0 Å². The first kappa shape index (κ1) is 17.2. The highest BCUT2D eigenvalue weighted by atomic mass is 35.5. The number of primary sulfonamides is 1. The molecule has 0 spiro atoms. The molecule has 20 heavy (non-hydrogen) atoms. The SMILES string of the molecule is Cl.NCCCCC1(S(N)(=O)=O)C=Cc2ccccc2C1. The molecule has 0 fully saturated rings. The lowest BCUT2D eigenvalue weighted by Gasteiger charge is -2.32. The molecule has 4 N–H and O–H groups in total. The third-order valence-corrected chi connectivity index (χ3v) is 5.35. The van der Waals surface area contributed by atoms with Gasteiger partial charge >= 0.3 is 0 Å². The summed E-state index contributed by atoms with van der Waals surface area (Å²) in [6.45, 7) is 0.570. The molecular formula is C14H21ClN2O2S. The lowest BCUT2D eigenvalue weighted by atomic mass is 9.86. The van der Waals surface area contributed by atoms with Crippen LogP contribution in [0.4, 0.5) is 0 Å². The van der Waals surface area contributed by atoms with Gasteiger partial charge in [-0.15, -0.1) is 12.4 Å². The summed E-state index contributed by atoms with van der Waals surface area (Å²) in [6.07, 6.45) is 6.16. The van der Waals surface area contributed by atoms with E-state index in [-0.39, 0.29) is 12.4 Å². The molecule has 1 aliphatic carbocycles. The standard InChI is InChI=1S/C14H20N2O2S.ClH/c15-10-4-3-8-14(19(16,17)18)9-7-12-5-1-2-6-13(12)11-14;/h1-2,5-7,9H,3-4,8,10-11,15H2,(H2,16,17,18);1H. The van der Waals surface area contributed by atoms with E-state index in [1.807, 2.05) is 30.3 Å². The predicted octanol–water partition coefficient (Wildman–Crippen LogP) is 1.83. The molecule has 1 aromatic carbocycles. The summed E-state index contributed by atoms with van der Waals surface area (Å²) >= 11 is 0. The van der Waals surface area contributed by atoms with E-state index in [4.69, 9.17) is 10.9 Å². The minimum atomic E-state index is -3.64. The third-order valence-electron chi connectivity index (χ3n) is 3.73. The second kappa shape index (κ2) is 6.72. The van der Waals surface area contributed by atoms with Gasteiger partial charge in [0.05, 0.1) is 0 Å². The molecule has 1 atom stereocenters. The maximum absolute atomic E-state index is 12.0. The van der Waals surface area contributed by atoms with Crippen molar-refractivity contribution in [3.8, 4) is 0 Å². The Bertz CT molecular complexity index is 587. The van der Waals surface area contributed by atoms with Crippen molar-refractivity contribution in [2.75, 3.05) is 6.54 Å². The molecule has 2 rings (SSSR count). The number of unbranched alkanes of at least 4 members (excludes halogenated alkanes) is 1. The van der Waals surface area contributed by atoms with Gasteiger partial charge in [0.2, 0.25) is 10.0 Å². The van der Waals surface area contributed by atoms with Gasteiger partial charge in [0.25, 0.3) is 0 Å². The average molecular weight is 317 g/mol. The van der Waals surface area contributed by atoms with Crippen LogP contribution in [0.25, 0.3) is 6.08 Å². The fraction of sp³-hybridized carbons (Fsp3) is 0.429. The molecule has 112 valence electrons. The Morgan fingerprint density at radius 3 is 2.55 bits per heavy atom. The Hall–Kier alpha value is -0.880. The highest BCUT2D eigenvalue weighted by molar-refractivity contribution is 7.90. The van der Waals surface area contributed by atoms with E-state index in [0.29, 0.717) is 19.4 Å². The Morgan fingerprint density at radius 1 is 1.20 bits per heavy atom. The zero-order valence-electron chi connectivity index (χ0n) is 11.3. The van der Waals surface area contributed by atoms with Gasteiger partial charge in [-0.25, -0.2) is 13.6 Å². The number of benzene rings is 1. The van der Waals surface area contributed by atoms with Crippen molar-refractivity contribution in [3.63, 3.8) is 0 Å². The van der Waals surface area contributed by atoms with E-state index in [1.54, 1.807) is 6.08 Å². The summed E-state index contributed by atoms with van der Waals surface area (Å²) in [5.74, 6) is 0. The smallest absolute Gasteiger partial charge is 0.218 e. The van der Waals surface area contributed by atoms with Crippen molar-refractivity contribution in [2.45, 2.75) is 30.4 Å². The number of halogens is 1. The van der Waals surface area contributed by atoms with Gasteiger partial charge < -0.3 is 5.73 Å². The second-order valence-corrected chi connectivity index (χ2v) is 6.97. The van der Waals surface area contributed by atoms with Crippen molar-refractivity contribution in [1.82, 2.24) is 0 Å². The lowest BCUT2D eigenvalue weighted by Crippen LogP contribution is -2.45. The Labute approximate surface area is 126 Å². The van der Waals surface area contributed by atoms with Gasteiger partial charge in [-0.3, -0.25) is 0 Å². The number of sulfonamides is 1. The van der Waals surface area contributed by atoms with Crippen molar-refractivity contribution in [3.05, 3.63) is 41.5 Å². The topological polar surface area (TPSA) is 86.2 Å². The van der Waals surface area contributed by atoms with Crippen LogP contribution in [0.5, 0.6) is 0 Å². The van der Waals surface area contributed by atoms with Gasteiger partial charge in [0, 0.05) is 0 Å². The first-order chi connectivity index (χ1) is 8.98. The van der Waals surface area contributed by atoms with E-state index in [0.717, 1.165) is 24.0 Å². The molecule has 0 aliphatic heterocycles. The lowest BCUT2D eigenvalue weighted by molar-refractivity contribution is 0.512. The van der Waals surface area contributed by atoms with Crippen molar-refractivity contribution < 1.29 is 8.42 Å². The molecule has 0 aromatic heterocycles. The van der Waals surface area contributed by atoms with Crippen molar-refractivity contribution >= 4 is 28.5 Å². The van der Waals surface area contributed by atoms with Crippen LogP contribution in [0.2, 0.25) is 0 Å². The van der Waals surface area contributed by atoms with Crippen LogP contribution in [0, 0.1) is 0 Å². The summed E-state index contributed by atoms with van der Waals surface area (Å²) in [4.78, 5) is 0. The van der Waals surface area contributed by atoms with Crippen LogP contribution >= 0.6 is 12.4 Å². The first-order valence-electron chi connectivity index (χ1n) is 6.48. The van der Waals surface area contributed by atoms with Crippen LogP contribution in [-0.2, 0) is 16.4 Å². The molecule has 0 saturated carbocycles. The molecule has 0 bridgehead atoms. The van der Waals surface area contributed by atoms with Crippen LogP contribution < -0.4 is 10.9 Å². The van der Waals surface area contributed by atoms with Gasteiger partial charge in [-0.1, -0.05) is 42.8 Å². The summed E-state index contributed by atoms with van der Waals surface area (Å²) in [7, 11) is -3.64. The molecule has 1 aliphatic rings. The molecular weight excluding hydrogens is 296 g/mol. The minimum absolute atomic E-state index is 0. The third kappa shape index (κ3) is 3.41. The van der Waals surface area contributed by atoms with E-state index >= 15 is 0 Å². The van der Waals surface area contributed by atoms with Crippen molar-refractivity contribution in [1.29, 1.82) is 0 Å². The number of hydrogen-bond acceptors (Lipinski definition) is 3. The monoisotopic (exact) mass is 316 g/mol. The molecule has 0 heterocycles. The number of rotatable bonds is 5. The van der Waals surface area contributed by atoms with Gasteiger partial charge in [0.15, 0.2) is 0 Å². The van der Waals surface area contributed by atoms with Crippen molar-refractivity contribution in [2.24, 2.45) is 10.9 Å². The Balaban J connectivity index is 0.00000200. The predicted molar refractivity (Wildman–Crippen MR) is 85.2 cm³/mol. The van der Waals surface area contributed by atoms with E-state index in [9.17, 15) is 8.42 Å². The van der Waals surface area contributed by atoms with Gasteiger partial charge in [0.1, 0.15) is 4.75 Å². The van der Waals surface area contributed by atoms with Crippen LogP contribution in [-0.4, -0.2) is 19.7 Å². The molecule has 1 aromatic rings. The Kier molecular flexibility index (Phi) is 5.77. The quantitative estimate of drug-likeness (QED) is 0.813. The van der Waals surface area contributed by atoms with E-state index < -0.39 is 14.8 Å². The fourth-order valence-corrected chi connectivity index (χ4v) is 3.60. The van der Waals surface area contributed by atoms with E-state index in [2.05, 4.69) is 0 Å². The van der Waals surface area contributed by atoms with Crippen LogP contribution in [0.1, 0.15) is 30.4 Å². The maximum Gasteiger partial charge on any atom is 0.218 e. The molecule has 4 nitrogen and oxygen atoms in total. The summed E-state index contributed by atoms with van der Waals surface area (Å²) in [6, 6.07) is 7.81. The summed E-state index contributed by atoms with van der Waals surface area (Å²) in [5, 5.41) is 5.47. The minimum Gasteiger partial charge on any atom is -0.330 e. The zero-order valence-corrected chi connectivity index (χ0v) is 12.9. The van der Waals surface area contributed by atoms with Crippen LogP contribution in [0.3, 0.4) is 0 Å². The number of nitrogens with two attached hydrogens (primary N) is 2.